The molecular weight excluding hydrogens is 252 g/mol. The third-order valence-corrected chi connectivity index (χ3v) is 2.19. The fourth-order valence-electron chi connectivity index (χ4n) is 1.51. The summed E-state index contributed by atoms with van der Waals surface area (Å²) in [4.78, 5) is 33.2. The summed E-state index contributed by atoms with van der Waals surface area (Å²) in [6.45, 7) is 1.97. The van der Waals surface area contributed by atoms with Gasteiger partial charge in [-0.2, -0.15) is 0 Å². The molecule has 1 aromatic heterocycles. The molecule has 0 fully saturated rings. The number of esters is 1. The van der Waals surface area contributed by atoms with Crippen molar-refractivity contribution >= 4 is 23.6 Å². The molecule has 8 nitrogen and oxygen atoms in total. The molecule has 1 rings (SSSR count). The van der Waals surface area contributed by atoms with Gasteiger partial charge in [-0.25, -0.2) is 9.59 Å². The molecule has 0 aromatic carbocycles. The molecule has 19 heavy (non-hydrogen) atoms. The Kier molecular flexibility index (Phi) is 4.92. The van der Waals surface area contributed by atoms with Crippen molar-refractivity contribution in [3.8, 4) is 0 Å². The number of nitrogens with zero attached hydrogens (tertiary/aromatic N) is 1. The number of amides is 3. The summed E-state index contributed by atoms with van der Waals surface area (Å²) in [6, 6.07) is 0.462. The number of aromatic nitrogens is 1. The maximum atomic E-state index is 11.7. The first-order chi connectivity index (χ1) is 8.93. The van der Waals surface area contributed by atoms with Gasteiger partial charge in [-0.15, -0.1) is 0 Å². The molecule has 0 atom stereocenters. The van der Waals surface area contributed by atoms with Crippen LogP contribution in [0.15, 0.2) is 12.3 Å². The van der Waals surface area contributed by atoms with E-state index in [2.05, 4.69) is 0 Å². The quantitative estimate of drug-likeness (QED) is 0.638. The van der Waals surface area contributed by atoms with Gasteiger partial charge < -0.3 is 20.8 Å². The van der Waals surface area contributed by atoms with Gasteiger partial charge in [0.2, 0.25) is 0 Å². The molecule has 0 aliphatic carbocycles. The number of nitrogens with two attached hydrogens (primary N) is 2. The lowest BCUT2D eigenvalue weighted by molar-refractivity contribution is -0.123. The number of carbonyl (C=O) groups excluding carboxylic acids is 3. The molecular formula is C11H16N4O4. The van der Waals surface area contributed by atoms with Gasteiger partial charge in [0.1, 0.15) is 5.69 Å². The van der Waals surface area contributed by atoms with Crippen molar-refractivity contribution in [2.75, 3.05) is 12.3 Å². The molecule has 0 saturated heterocycles. The largest absolute Gasteiger partial charge is 0.451 e. The Hall–Kier alpha value is -2.51. The van der Waals surface area contributed by atoms with Gasteiger partial charge in [0, 0.05) is 12.7 Å². The fraction of sp³-hybridized carbons (Fsp3) is 0.364. The zero-order valence-electron chi connectivity index (χ0n) is 10.5. The van der Waals surface area contributed by atoms with Crippen LogP contribution in [-0.2, 0) is 16.1 Å². The number of primary amides is 1. The van der Waals surface area contributed by atoms with Crippen LogP contribution in [0.3, 0.4) is 0 Å². The Bertz CT molecular complexity index is 495. The Morgan fingerprint density at radius 3 is 2.68 bits per heavy atom. The Morgan fingerprint density at radius 2 is 2.11 bits per heavy atom. The lowest BCUT2D eigenvalue weighted by Crippen LogP contribution is -2.37. The third-order valence-electron chi connectivity index (χ3n) is 2.19. The van der Waals surface area contributed by atoms with E-state index in [1.54, 1.807) is 16.1 Å². The predicted octanol–water partition coefficient (Wildman–Crippen LogP) is -0.168. The van der Waals surface area contributed by atoms with Gasteiger partial charge in [-0.3, -0.25) is 10.1 Å². The van der Waals surface area contributed by atoms with Gasteiger partial charge >= 0.3 is 12.0 Å². The summed E-state index contributed by atoms with van der Waals surface area (Å²) < 4.78 is 6.40. The summed E-state index contributed by atoms with van der Waals surface area (Å²) in [5, 5.41) is 1.79. The number of aryl methyl sites for hydroxylation is 1. The Morgan fingerprint density at radius 1 is 1.42 bits per heavy atom. The molecule has 3 amide bonds. The predicted molar refractivity (Wildman–Crippen MR) is 67.1 cm³/mol. The number of ether oxygens (including phenoxy) is 1. The molecule has 1 aromatic rings. The van der Waals surface area contributed by atoms with E-state index >= 15 is 0 Å². The van der Waals surface area contributed by atoms with E-state index in [1.807, 2.05) is 6.92 Å². The van der Waals surface area contributed by atoms with Crippen LogP contribution in [0.1, 0.15) is 23.8 Å². The molecule has 0 radical (unpaired) electrons. The maximum absolute atomic E-state index is 11.7. The van der Waals surface area contributed by atoms with Gasteiger partial charge in [-0.05, 0) is 12.5 Å². The van der Waals surface area contributed by atoms with Crippen LogP contribution < -0.4 is 16.8 Å². The van der Waals surface area contributed by atoms with Crippen LogP contribution in [0.4, 0.5) is 10.5 Å². The van der Waals surface area contributed by atoms with E-state index in [-0.39, 0.29) is 5.69 Å². The molecule has 0 aliphatic heterocycles. The molecule has 0 aliphatic rings. The van der Waals surface area contributed by atoms with Gasteiger partial charge in [0.15, 0.2) is 6.61 Å². The second-order valence-electron chi connectivity index (χ2n) is 3.84. The van der Waals surface area contributed by atoms with Crippen LogP contribution in [0.25, 0.3) is 0 Å². The second-order valence-corrected chi connectivity index (χ2v) is 3.84. The topological polar surface area (TPSA) is 129 Å². The van der Waals surface area contributed by atoms with Gasteiger partial charge in [0.25, 0.3) is 5.91 Å². The first-order valence-corrected chi connectivity index (χ1v) is 5.66. The monoisotopic (exact) mass is 268 g/mol. The van der Waals surface area contributed by atoms with E-state index in [4.69, 9.17) is 16.2 Å². The minimum Gasteiger partial charge on any atom is -0.451 e. The highest BCUT2D eigenvalue weighted by molar-refractivity contribution is 5.96. The number of anilines is 1. The lowest BCUT2D eigenvalue weighted by Gasteiger charge is -2.07. The van der Waals surface area contributed by atoms with E-state index in [9.17, 15) is 14.4 Å². The van der Waals surface area contributed by atoms with E-state index in [0.717, 1.165) is 6.42 Å². The van der Waals surface area contributed by atoms with Gasteiger partial charge in [0.05, 0.1) is 5.69 Å². The van der Waals surface area contributed by atoms with E-state index in [1.165, 1.54) is 6.07 Å². The SMILES string of the molecule is CCCn1cc(N)cc1C(=O)OCC(=O)NC(N)=O. The fourth-order valence-corrected chi connectivity index (χ4v) is 1.51. The number of imide groups is 1. The van der Waals surface area contributed by atoms with Crippen molar-refractivity contribution in [2.24, 2.45) is 5.73 Å². The molecule has 1 heterocycles. The zero-order chi connectivity index (χ0) is 14.4. The number of hydrogen-bond donors (Lipinski definition) is 3. The molecule has 0 bridgehead atoms. The lowest BCUT2D eigenvalue weighted by atomic mass is 10.4. The smallest absolute Gasteiger partial charge is 0.355 e. The zero-order valence-corrected chi connectivity index (χ0v) is 10.5. The molecule has 0 unspecified atom stereocenters. The van der Waals surface area contributed by atoms with Crippen LogP contribution in [0.5, 0.6) is 0 Å². The molecule has 0 saturated carbocycles. The normalized spacial score (nSPS) is 9.95. The van der Waals surface area contributed by atoms with Crippen LogP contribution in [0, 0.1) is 0 Å². The van der Waals surface area contributed by atoms with Crippen molar-refractivity contribution in [1.82, 2.24) is 9.88 Å². The number of rotatable bonds is 5. The highest BCUT2D eigenvalue weighted by Crippen LogP contribution is 2.12. The molecule has 0 spiro atoms. The summed E-state index contributed by atoms with van der Waals surface area (Å²) in [5.41, 5.74) is 11.0. The number of nitrogen functional groups attached to an aromatic ring is 1. The minimum atomic E-state index is -1.00. The number of nitrogens with one attached hydrogen (secondary N) is 1. The van der Waals surface area contributed by atoms with E-state index < -0.39 is 24.5 Å². The van der Waals surface area contributed by atoms with Crippen molar-refractivity contribution < 1.29 is 19.1 Å². The maximum Gasteiger partial charge on any atom is 0.355 e. The van der Waals surface area contributed by atoms with Crippen molar-refractivity contribution in [3.05, 3.63) is 18.0 Å². The van der Waals surface area contributed by atoms with Crippen LogP contribution >= 0.6 is 0 Å². The Balaban J connectivity index is 2.63. The summed E-state index contributed by atoms with van der Waals surface area (Å²) in [7, 11) is 0. The summed E-state index contributed by atoms with van der Waals surface area (Å²) in [6.07, 6.45) is 2.43. The summed E-state index contributed by atoms with van der Waals surface area (Å²) >= 11 is 0. The average Bonchev–Trinajstić information content (AvgIpc) is 2.67. The molecule has 8 heteroatoms. The van der Waals surface area contributed by atoms with Crippen molar-refractivity contribution in [3.63, 3.8) is 0 Å². The first kappa shape index (κ1) is 14.6. The highest BCUT2D eigenvalue weighted by atomic mass is 16.5. The van der Waals surface area contributed by atoms with Crippen molar-refractivity contribution in [2.45, 2.75) is 19.9 Å². The number of hydrogen-bond acceptors (Lipinski definition) is 5. The standard InChI is InChI=1S/C11H16N4O4/c1-2-3-15-5-7(12)4-8(15)10(17)19-6-9(16)14-11(13)18/h4-5H,2-3,6,12H2,1H3,(H3,13,14,16,18). The van der Waals surface area contributed by atoms with Crippen molar-refractivity contribution in [1.29, 1.82) is 0 Å². The second kappa shape index (κ2) is 6.43. The Labute approximate surface area is 109 Å². The van der Waals surface area contributed by atoms with Crippen LogP contribution in [-0.4, -0.2) is 29.1 Å². The third kappa shape index (κ3) is 4.34. The number of carbonyl (C=O) groups is 3. The summed E-state index contributed by atoms with van der Waals surface area (Å²) in [5.74, 6) is -1.48. The highest BCUT2D eigenvalue weighted by Gasteiger charge is 2.16. The number of urea groups is 1. The molecule has 104 valence electrons. The average molecular weight is 268 g/mol. The molecule has 5 N–H and O–H groups in total. The minimum absolute atomic E-state index is 0.256. The van der Waals surface area contributed by atoms with E-state index in [0.29, 0.717) is 12.2 Å². The van der Waals surface area contributed by atoms with Crippen LogP contribution in [0.2, 0.25) is 0 Å². The first-order valence-electron chi connectivity index (χ1n) is 5.66. The van der Waals surface area contributed by atoms with Gasteiger partial charge in [-0.1, -0.05) is 6.92 Å².